The Bertz CT molecular complexity index is 796. The van der Waals surface area contributed by atoms with Gasteiger partial charge in [-0.1, -0.05) is 32.0 Å². The fourth-order valence-corrected chi connectivity index (χ4v) is 4.30. The normalized spacial score (nSPS) is 23.3. The number of Topliss-reactive ketones (excluding diaryl/α,β-unsaturated/α-hetero) is 1. The molecule has 0 aromatic heterocycles. The van der Waals surface area contributed by atoms with Gasteiger partial charge in [0.05, 0.1) is 17.6 Å². The van der Waals surface area contributed by atoms with Crippen LogP contribution in [0.1, 0.15) is 45.1 Å². The van der Waals surface area contributed by atoms with E-state index in [0.29, 0.717) is 12.0 Å². The van der Waals surface area contributed by atoms with Gasteiger partial charge in [-0.15, -0.1) is 0 Å². The predicted octanol–water partition coefficient (Wildman–Crippen LogP) is 4.42. The van der Waals surface area contributed by atoms with Gasteiger partial charge in [0.15, 0.2) is 5.78 Å². The molecule has 1 unspecified atom stereocenters. The molecule has 4 heteroatoms. The number of hydrogen-bond acceptors (Lipinski definition) is 3. The Labute approximate surface area is 150 Å². The molecule has 1 aliphatic heterocycles. The molecule has 0 spiro atoms. The van der Waals surface area contributed by atoms with E-state index in [9.17, 15) is 10.1 Å². The lowest BCUT2D eigenvalue weighted by molar-refractivity contribution is -0.118. The lowest BCUT2D eigenvalue weighted by Gasteiger charge is -2.38. The Morgan fingerprint density at radius 1 is 1.30 bits per heavy atom. The van der Waals surface area contributed by atoms with Crippen molar-refractivity contribution in [2.45, 2.75) is 39.5 Å². The molecular weight excluding hydrogens is 399 g/mol. The van der Waals surface area contributed by atoms with E-state index in [2.05, 4.69) is 47.8 Å². The first-order valence-electron chi connectivity index (χ1n) is 7.72. The van der Waals surface area contributed by atoms with Gasteiger partial charge >= 0.3 is 0 Å². The maximum atomic E-state index is 12.9. The van der Waals surface area contributed by atoms with Crippen LogP contribution in [0, 0.1) is 20.3 Å². The third-order valence-corrected chi connectivity index (χ3v) is 5.56. The minimum atomic E-state index is -0.243. The van der Waals surface area contributed by atoms with Crippen molar-refractivity contribution in [3.8, 4) is 6.07 Å². The highest BCUT2D eigenvalue weighted by atomic mass is 127. The zero-order chi connectivity index (χ0) is 16.8. The summed E-state index contributed by atoms with van der Waals surface area (Å²) in [7, 11) is 0. The lowest BCUT2D eigenvalue weighted by atomic mass is 9.69. The van der Waals surface area contributed by atoms with E-state index in [1.165, 1.54) is 0 Å². The van der Waals surface area contributed by atoms with Gasteiger partial charge in [-0.05, 0) is 53.0 Å². The maximum absolute atomic E-state index is 12.9. The summed E-state index contributed by atoms with van der Waals surface area (Å²) < 4.78 is 1.09. The van der Waals surface area contributed by atoms with E-state index >= 15 is 0 Å². The summed E-state index contributed by atoms with van der Waals surface area (Å²) in [5, 5.41) is 13.0. The van der Waals surface area contributed by atoms with E-state index in [-0.39, 0.29) is 17.1 Å². The Kier molecular flexibility index (Phi) is 4.09. The average Bonchev–Trinajstić information content (AvgIpc) is 2.45. The summed E-state index contributed by atoms with van der Waals surface area (Å²) in [6.45, 7) is 6.17. The van der Waals surface area contributed by atoms with Crippen LogP contribution < -0.4 is 5.32 Å². The topological polar surface area (TPSA) is 52.9 Å². The predicted molar refractivity (Wildman–Crippen MR) is 98.4 cm³/mol. The van der Waals surface area contributed by atoms with E-state index in [0.717, 1.165) is 32.5 Å². The lowest BCUT2D eigenvalue weighted by Crippen LogP contribution is -2.37. The number of benzene rings is 1. The first kappa shape index (κ1) is 16.3. The van der Waals surface area contributed by atoms with E-state index in [4.69, 9.17) is 0 Å². The monoisotopic (exact) mass is 418 g/mol. The van der Waals surface area contributed by atoms with Crippen LogP contribution in [0.15, 0.2) is 46.8 Å². The summed E-state index contributed by atoms with van der Waals surface area (Å²) in [5.74, 6) is -0.0818. The first-order chi connectivity index (χ1) is 10.8. The number of carbonyl (C=O) groups is 1. The van der Waals surface area contributed by atoms with Crippen molar-refractivity contribution in [1.82, 2.24) is 5.32 Å². The highest BCUT2D eigenvalue weighted by Gasteiger charge is 2.41. The number of nitrogens with one attached hydrogen (secondary N) is 1. The van der Waals surface area contributed by atoms with Crippen LogP contribution >= 0.6 is 22.6 Å². The number of halogens is 1. The smallest absolute Gasteiger partial charge is 0.162 e. The maximum Gasteiger partial charge on any atom is 0.162 e. The van der Waals surface area contributed by atoms with Gasteiger partial charge in [0.1, 0.15) is 0 Å². The Morgan fingerprint density at radius 2 is 2.00 bits per heavy atom. The van der Waals surface area contributed by atoms with Gasteiger partial charge in [0.25, 0.3) is 0 Å². The van der Waals surface area contributed by atoms with Crippen LogP contribution in [0.25, 0.3) is 0 Å². The third kappa shape index (κ3) is 2.83. The molecule has 1 heterocycles. The average molecular weight is 418 g/mol. The van der Waals surface area contributed by atoms with Gasteiger partial charge in [-0.2, -0.15) is 5.26 Å². The largest absolute Gasteiger partial charge is 0.361 e. The minimum Gasteiger partial charge on any atom is -0.361 e. The van der Waals surface area contributed by atoms with Crippen LogP contribution in [0.3, 0.4) is 0 Å². The van der Waals surface area contributed by atoms with Gasteiger partial charge in [0, 0.05) is 27.0 Å². The van der Waals surface area contributed by atoms with Crippen LogP contribution in [0.4, 0.5) is 0 Å². The van der Waals surface area contributed by atoms with Crippen molar-refractivity contribution in [3.05, 3.63) is 55.9 Å². The summed E-state index contributed by atoms with van der Waals surface area (Å²) in [6.07, 6.45) is 1.37. The number of nitrogens with zero attached hydrogens (tertiary/aromatic N) is 1. The molecule has 3 rings (SSSR count). The molecule has 23 heavy (non-hydrogen) atoms. The molecule has 0 radical (unpaired) electrons. The highest BCUT2D eigenvalue weighted by Crippen LogP contribution is 2.46. The van der Waals surface area contributed by atoms with Gasteiger partial charge in [0.2, 0.25) is 0 Å². The van der Waals surface area contributed by atoms with Crippen LogP contribution in [-0.2, 0) is 4.79 Å². The molecule has 0 bridgehead atoms. The number of rotatable bonds is 1. The molecular formula is C19H19IN2O. The second-order valence-electron chi connectivity index (χ2n) is 7.06. The summed E-state index contributed by atoms with van der Waals surface area (Å²) in [4.78, 5) is 12.9. The second-order valence-corrected chi connectivity index (χ2v) is 8.23. The number of hydrogen-bond donors (Lipinski definition) is 1. The van der Waals surface area contributed by atoms with Crippen molar-refractivity contribution in [3.63, 3.8) is 0 Å². The second kappa shape index (κ2) is 5.79. The van der Waals surface area contributed by atoms with E-state index in [1.807, 2.05) is 31.2 Å². The SMILES string of the molecule is CC1=C(C#N)C(c2ccccc2I)C2=C(CC(C)(C)CC2=O)N1. The first-order valence-corrected chi connectivity index (χ1v) is 8.80. The van der Waals surface area contributed by atoms with Gasteiger partial charge in [-0.3, -0.25) is 4.79 Å². The van der Waals surface area contributed by atoms with Crippen molar-refractivity contribution in [2.24, 2.45) is 5.41 Å². The molecule has 0 fully saturated rings. The fourth-order valence-electron chi connectivity index (χ4n) is 3.60. The zero-order valence-electron chi connectivity index (χ0n) is 13.5. The highest BCUT2D eigenvalue weighted by molar-refractivity contribution is 14.1. The van der Waals surface area contributed by atoms with Crippen LogP contribution in [0.2, 0.25) is 0 Å². The molecule has 1 aliphatic carbocycles. The van der Waals surface area contributed by atoms with Crippen LogP contribution in [0.5, 0.6) is 0 Å². The third-order valence-electron chi connectivity index (χ3n) is 4.58. The van der Waals surface area contributed by atoms with Crippen molar-refractivity contribution in [1.29, 1.82) is 5.26 Å². The van der Waals surface area contributed by atoms with Crippen LogP contribution in [-0.4, -0.2) is 5.78 Å². The van der Waals surface area contributed by atoms with Crippen molar-refractivity contribution in [2.75, 3.05) is 0 Å². The molecule has 1 aromatic carbocycles. The Balaban J connectivity index is 2.22. The molecule has 1 N–H and O–H groups in total. The molecule has 0 saturated heterocycles. The minimum absolute atomic E-state index is 0.0399. The summed E-state index contributed by atoms with van der Waals surface area (Å²) in [6, 6.07) is 10.3. The molecule has 1 aromatic rings. The van der Waals surface area contributed by atoms with Crippen molar-refractivity contribution < 1.29 is 4.79 Å². The van der Waals surface area contributed by atoms with Crippen molar-refractivity contribution >= 4 is 28.4 Å². The number of nitriles is 1. The molecule has 0 saturated carbocycles. The molecule has 2 aliphatic rings. The molecule has 118 valence electrons. The quantitative estimate of drug-likeness (QED) is 0.688. The standard InChI is InChI=1S/C19H19IN2O/c1-11-13(10-21)17(12-6-4-5-7-14(12)20)18-15(22-11)8-19(2,3)9-16(18)23/h4-7,17,22H,8-9H2,1-3H3. The number of allylic oxidation sites excluding steroid dienone is 4. The van der Waals surface area contributed by atoms with E-state index in [1.54, 1.807) is 0 Å². The van der Waals surface area contributed by atoms with Gasteiger partial charge in [-0.25, -0.2) is 0 Å². The van der Waals surface area contributed by atoms with E-state index < -0.39 is 0 Å². The number of ketones is 1. The zero-order valence-corrected chi connectivity index (χ0v) is 15.7. The summed E-state index contributed by atoms with van der Waals surface area (Å²) >= 11 is 2.29. The summed E-state index contributed by atoms with van der Waals surface area (Å²) in [5.41, 5.74) is 4.30. The van der Waals surface area contributed by atoms with Gasteiger partial charge < -0.3 is 5.32 Å². The Hall–Kier alpha value is -1.61. The number of dihydropyridines is 1. The number of carbonyl (C=O) groups excluding carboxylic acids is 1. The Morgan fingerprint density at radius 3 is 2.65 bits per heavy atom. The fraction of sp³-hybridized carbons (Fsp3) is 0.368. The molecule has 0 amide bonds. The molecule has 1 atom stereocenters. The molecule has 3 nitrogen and oxygen atoms in total.